The second-order valence-corrected chi connectivity index (χ2v) is 7.98. The molecule has 2 amide bonds. The maximum atomic E-state index is 12.9. The fraction of sp³-hybridized carbons (Fsp3) is 0.273. The molecule has 0 aliphatic rings. The van der Waals surface area contributed by atoms with Gasteiger partial charge in [0.2, 0.25) is 5.91 Å². The Labute approximate surface area is 175 Å². The van der Waals surface area contributed by atoms with E-state index >= 15 is 0 Å². The number of nitro benzene ring substituents is 1. The lowest BCUT2D eigenvalue weighted by molar-refractivity contribution is -0.383. The number of hydrogen-bond donors (Lipinski definition) is 2. The molecule has 0 heterocycles. The summed E-state index contributed by atoms with van der Waals surface area (Å²) in [4.78, 5) is 38.0. The zero-order valence-electron chi connectivity index (χ0n) is 17.7. The van der Waals surface area contributed by atoms with Crippen molar-refractivity contribution in [3.05, 3.63) is 69.9 Å². The number of para-hydroxylation sites is 2. The van der Waals surface area contributed by atoms with Gasteiger partial charge in [0, 0.05) is 31.3 Å². The molecule has 8 nitrogen and oxygen atoms in total. The molecule has 8 heteroatoms. The Bertz CT molecular complexity index is 973. The van der Waals surface area contributed by atoms with Crippen molar-refractivity contribution in [2.75, 3.05) is 24.3 Å². The first-order chi connectivity index (χ1) is 14.0. The Hall–Kier alpha value is -3.68. The Morgan fingerprint density at radius 3 is 2.17 bits per heavy atom. The van der Waals surface area contributed by atoms with Gasteiger partial charge in [-0.05, 0) is 29.8 Å². The predicted octanol–water partition coefficient (Wildman–Crippen LogP) is 3.80. The number of rotatable bonds is 6. The SMILES string of the molecule is CN(C)c1ccc(/C=C(/NC(=O)C(C)(C)C)C(=O)Nc2ccccc2[N+](=O)[O-])cc1. The first-order valence-corrected chi connectivity index (χ1v) is 9.34. The molecule has 2 aromatic rings. The summed E-state index contributed by atoms with van der Waals surface area (Å²) in [6.07, 6.45) is 1.53. The summed E-state index contributed by atoms with van der Waals surface area (Å²) in [7, 11) is 3.83. The second kappa shape index (κ2) is 9.21. The minimum absolute atomic E-state index is 0.00863. The van der Waals surface area contributed by atoms with E-state index in [9.17, 15) is 19.7 Å². The van der Waals surface area contributed by atoms with Crippen LogP contribution in [0.2, 0.25) is 0 Å². The molecule has 0 radical (unpaired) electrons. The molecule has 30 heavy (non-hydrogen) atoms. The average molecular weight is 410 g/mol. The molecule has 2 rings (SSSR count). The van der Waals surface area contributed by atoms with Gasteiger partial charge in [-0.15, -0.1) is 0 Å². The number of amides is 2. The van der Waals surface area contributed by atoms with Gasteiger partial charge in [-0.25, -0.2) is 0 Å². The molecule has 0 aliphatic heterocycles. The lowest BCUT2D eigenvalue weighted by atomic mass is 9.95. The normalized spacial score (nSPS) is 11.6. The number of carbonyl (C=O) groups excluding carboxylic acids is 2. The van der Waals surface area contributed by atoms with Crippen LogP contribution in [-0.4, -0.2) is 30.8 Å². The lowest BCUT2D eigenvalue weighted by Gasteiger charge is -2.19. The topological polar surface area (TPSA) is 105 Å². The number of anilines is 2. The minimum atomic E-state index is -0.729. The predicted molar refractivity (Wildman–Crippen MR) is 118 cm³/mol. The Kier molecular flexibility index (Phi) is 6.94. The fourth-order valence-corrected chi connectivity index (χ4v) is 2.43. The van der Waals surface area contributed by atoms with Crippen molar-refractivity contribution in [3.8, 4) is 0 Å². The van der Waals surface area contributed by atoms with Crippen molar-refractivity contribution in [1.82, 2.24) is 5.32 Å². The smallest absolute Gasteiger partial charge is 0.292 e. The van der Waals surface area contributed by atoms with Crippen LogP contribution in [0.1, 0.15) is 26.3 Å². The molecular weight excluding hydrogens is 384 g/mol. The van der Waals surface area contributed by atoms with Gasteiger partial charge in [-0.3, -0.25) is 19.7 Å². The van der Waals surface area contributed by atoms with E-state index in [0.717, 1.165) is 5.69 Å². The van der Waals surface area contributed by atoms with E-state index in [1.807, 2.05) is 43.3 Å². The highest BCUT2D eigenvalue weighted by molar-refractivity contribution is 6.09. The van der Waals surface area contributed by atoms with Crippen molar-refractivity contribution >= 4 is 35.0 Å². The molecule has 2 aromatic carbocycles. The number of hydrogen-bond acceptors (Lipinski definition) is 5. The first kappa shape index (κ1) is 22.6. The summed E-state index contributed by atoms with van der Waals surface area (Å²) in [5.74, 6) is -1.00. The Morgan fingerprint density at radius 1 is 1.03 bits per heavy atom. The van der Waals surface area contributed by atoms with E-state index in [4.69, 9.17) is 0 Å². The monoisotopic (exact) mass is 410 g/mol. The fourth-order valence-electron chi connectivity index (χ4n) is 2.43. The molecule has 0 bridgehead atoms. The molecular formula is C22H26N4O4. The highest BCUT2D eigenvalue weighted by Gasteiger charge is 2.25. The number of carbonyl (C=O) groups is 2. The standard InChI is InChI=1S/C22H26N4O4/c1-22(2,3)21(28)24-18(14-15-10-12-16(13-11-15)25(4)5)20(27)23-17-8-6-7-9-19(17)26(29)30/h6-14H,1-5H3,(H,23,27)(H,24,28)/b18-14+. The molecule has 0 unspecified atom stereocenters. The van der Waals surface area contributed by atoms with Crippen molar-refractivity contribution in [3.63, 3.8) is 0 Å². The average Bonchev–Trinajstić information content (AvgIpc) is 2.67. The molecule has 0 aliphatic carbocycles. The molecule has 0 atom stereocenters. The lowest BCUT2D eigenvalue weighted by Crippen LogP contribution is -2.38. The Balaban J connectivity index is 2.39. The zero-order valence-corrected chi connectivity index (χ0v) is 17.7. The van der Waals surface area contributed by atoms with E-state index in [0.29, 0.717) is 5.56 Å². The summed E-state index contributed by atoms with van der Waals surface area (Å²) in [6.45, 7) is 5.18. The third kappa shape index (κ3) is 5.91. The van der Waals surface area contributed by atoms with Crippen LogP contribution in [-0.2, 0) is 9.59 Å². The van der Waals surface area contributed by atoms with E-state index in [-0.39, 0.29) is 23.0 Å². The van der Waals surface area contributed by atoms with Crippen molar-refractivity contribution in [1.29, 1.82) is 0 Å². The van der Waals surface area contributed by atoms with Crippen molar-refractivity contribution < 1.29 is 14.5 Å². The van der Waals surface area contributed by atoms with Crippen LogP contribution in [0.25, 0.3) is 6.08 Å². The molecule has 0 saturated carbocycles. The maximum absolute atomic E-state index is 12.9. The summed E-state index contributed by atoms with van der Waals surface area (Å²) in [5, 5.41) is 16.4. The van der Waals surface area contributed by atoms with Crippen LogP contribution < -0.4 is 15.5 Å². The van der Waals surface area contributed by atoms with Crippen LogP contribution in [0.15, 0.2) is 54.2 Å². The van der Waals surface area contributed by atoms with E-state index in [1.54, 1.807) is 26.8 Å². The van der Waals surface area contributed by atoms with Gasteiger partial charge in [0.15, 0.2) is 0 Å². The van der Waals surface area contributed by atoms with Gasteiger partial charge in [0.25, 0.3) is 11.6 Å². The highest BCUT2D eigenvalue weighted by Crippen LogP contribution is 2.24. The second-order valence-electron chi connectivity index (χ2n) is 7.98. The number of nitrogens with one attached hydrogen (secondary N) is 2. The van der Waals surface area contributed by atoms with Gasteiger partial charge in [0.05, 0.1) is 4.92 Å². The van der Waals surface area contributed by atoms with Gasteiger partial charge in [0.1, 0.15) is 11.4 Å². The summed E-state index contributed by atoms with van der Waals surface area (Å²) in [6, 6.07) is 13.2. The van der Waals surface area contributed by atoms with E-state index in [2.05, 4.69) is 10.6 Å². The molecule has 0 saturated heterocycles. The molecule has 0 fully saturated rings. The van der Waals surface area contributed by atoms with Crippen LogP contribution >= 0.6 is 0 Å². The summed E-state index contributed by atoms with van der Waals surface area (Å²) in [5.41, 5.74) is 0.756. The molecule has 0 aromatic heterocycles. The van der Waals surface area contributed by atoms with Crippen LogP contribution in [0, 0.1) is 15.5 Å². The molecule has 158 valence electrons. The van der Waals surface area contributed by atoms with Crippen LogP contribution in [0.4, 0.5) is 17.1 Å². The first-order valence-electron chi connectivity index (χ1n) is 9.34. The molecule has 0 spiro atoms. The quantitative estimate of drug-likeness (QED) is 0.428. The largest absolute Gasteiger partial charge is 0.378 e. The number of nitrogens with zero attached hydrogens (tertiary/aromatic N) is 2. The van der Waals surface area contributed by atoms with Gasteiger partial charge in [-0.2, -0.15) is 0 Å². The van der Waals surface area contributed by atoms with E-state index < -0.39 is 16.2 Å². The van der Waals surface area contributed by atoms with E-state index in [1.165, 1.54) is 24.3 Å². The van der Waals surface area contributed by atoms with Crippen molar-refractivity contribution in [2.45, 2.75) is 20.8 Å². The van der Waals surface area contributed by atoms with Crippen LogP contribution in [0.3, 0.4) is 0 Å². The third-order valence-electron chi connectivity index (χ3n) is 4.24. The van der Waals surface area contributed by atoms with Gasteiger partial charge in [-0.1, -0.05) is 45.0 Å². The van der Waals surface area contributed by atoms with Gasteiger partial charge < -0.3 is 15.5 Å². The van der Waals surface area contributed by atoms with Crippen LogP contribution in [0.5, 0.6) is 0 Å². The van der Waals surface area contributed by atoms with Gasteiger partial charge >= 0.3 is 0 Å². The zero-order chi connectivity index (χ0) is 22.5. The highest BCUT2D eigenvalue weighted by atomic mass is 16.6. The molecule has 2 N–H and O–H groups in total. The third-order valence-corrected chi connectivity index (χ3v) is 4.24. The Morgan fingerprint density at radius 2 is 1.63 bits per heavy atom. The van der Waals surface area contributed by atoms with Crippen molar-refractivity contribution in [2.24, 2.45) is 5.41 Å². The summed E-state index contributed by atoms with van der Waals surface area (Å²) >= 11 is 0. The summed E-state index contributed by atoms with van der Waals surface area (Å²) < 4.78 is 0. The maximum Gasteiger partial charge on any atom is 0.292 e. The minimum Gasteiger partial charge on any atom is -0.378 e. The number of nitro groups is 1. The number of benzene rings is 2.